The van der Waals surface area contributed by atoms with Gasteiger partial charge < -0.3 is 5.32 Å². The third-order valence-electron chi connectivity index (χ3n) is 4.88. The Kier molecular flexibility index (Phi) is 6.97. The monoisotopic (exact) mass is 344 g/mol. The number of rotatable bonds is 9. The number of nitrogens with one attached hydrogen (secondary N) is 1. The summed E-state index contributed by atoms with van der Waals surface area (Å²) in [4.78, 5) is 4.60. The first-order chi connectivity index (χ1) is 12.8. The Hall–Kier alpha value is -2.45. The van der Waals surface area contributed by atoms with Crippen molar-refractivity contribution >= 4 is 0 Å². The standard InChI is InChI=1S/C24H28N2/c1-20(15-16-21-10-4-2-5-11-21)25-19-17-23(22-12-6-3-7-13-22)24-14-8-9-18-26-24/h2-14,18,20,23,25H,15-17,19H2,1H3. The molecule has 0 fully saturated rings. The van der Waals surface area contributed by atoms with E-state index in [0.29, 0.717) is 12.0 Å². The van der Waals surface area contributed by atoms with Crippen LogP contribution in [0, 0.1) is 0 Å². The Morgan fingerprint density at radius 1 is 0.808 bits per heavy atom. The van der Waals surface area contributed by atoms with Crippen molar-refractivity contribution < 1.29 is 0 Å². The summed E-state index contributed by atoms with van der Waals surface area (Å²) in [5.74, 6) is 0.339. The van der Waals surface area contributed by atoms with Gasteiger partial charge in [-0.15, -0.1) is 0 Å². The van der Waals surface area contributed by atoms with Crippen LogP contribution in [0.5, 0.6) is 0 Å². The third kappa shape index (κ3) is 5.53. The molecule has 1 heterocycles. The Labute approximate surface area is 157 Å². The van der Waals surface area contributed by atoms with Gasteiger partial charge >= 0.3 is 0 Å². The predicted octanol–water partition coefficient (Wildman–Crippen LogP) is 5.21. The molecule has 0 aliphatic carbocycles. The molecule has 0 aliphatic rings. The van der Waals surface area contributed by atoms with Crippen LogP contribution in [0.4, 0.5) is 0 Å². The molecule has 0 radical (unpaired) electrons. The van der Waals surface area contributed by atoms with E-state index in [1.807, 2.05) is 12.3 Å². The summed E-state index contributed by atoms with van der Waals surface area (Å²) in [6.07, 6.45) is 5.22. The molecule has 26 heavy (non-hydrogen) atoms. The predicted molar refractivity (Wildman–Crippen MR) is 109 cm³/mol. The third-order valence-corrected chi connectivity index (χ3v) is 4.88. The molecule has 3 rings (SSSR count). The molecule has 1 aromatic heterocycles. The SMILES string of the molecule is CC(CCc1ccccc1)NCCC(c1ccccc1)c1ccccn1. The number of hydrogen-bond acceptors (Lipinski definition) is 2. The van der Waals surface area contributed by atoms with E-state index in [1.165, 1.54) is 11.1 Å². The lowest BCUT2D eigenvalue weighted by Gasteiger charge is -2.19. The van der Waals surface area contributed by atoms with Crippen LogP contribution in [0.25, 0.3) is 0 Å². The summed E-state index contributed by atoms with van der Waals surface area (Å²) in [6.45, 7) is 3.27. The first kappa shape index (κ1) is 18.3. The quantitative estimate of drug-likeness (QED) is 0.576. The molecule has 0 spiro atoms. The molecule has 1 N–H and O–H groups in total. The zero-order valence-electron chi connectivity index (χ0n) is 15.5. The van der Waals surface area contributed by atoms with Gasteiger partial charge in [-0.2, -0.15) is 0 Å². The van der Waals surface area contributed by atoms with Crippen LogP contribution >= 0.6 is 0 Å². The van der Waals surface area contributed by atoms with Crippen molar-refractivity contribution in [3.8, 4) is 0 Å². The van der Waals surface area contributed by atoms with Crippen LogP contribution in [-0.4, -0.2) is 17.6 Å². The first-order valence-corrected chi connectivity index (χ1v) is 9.56. The maximum atomic E-state index is 4.60. The van der Waals surface area contributed by atoms with Crippen molar-refractivity contribution in [3.63, 3.8) is 0 Å². The fraction of sp³-hybridized carbons (Fsp3) is 0.292. The number of benzene rings is 2. The topological polar surface area (TPSA) is 24.9 Å². The summed E-state index contributed by atoms with van der Waals surface area (Å²) >= 11 is 0. The molecule has 0 amide bonds. The molecule has 0 saturated heterocycles. The van der Waals surface area contributed by atoms with E-state index >= 15 is 0 Å². The van der Waals surface area contributed by atoms with E-state index in [4.69, 9.17) is 0 Å². The van der Waals surface area contributed by atoms with Crippen molar-refractivity contribution in [2.24, 2.45) is 0 Å². The number of hydrogen-bond donors (Lipinski definition) is 1. The van der Waals surface area contributed by atoms with Crippen LogP contribution < -0.4 is 5.32 Å². The molecule has 2 heteroatoms. The number of aryl methyl sites for hydroxylation is 1. The highest BCUT2D eigenvalue weighted by molar-refractivity contribution is 5.28. The van der Waals surface area contributed by atoms with Crippen LogP contribution in [0.1, 0.15) is 42.5 Å². The van der Waals surface area contributed by atoms with Gasteiger partial charge in [-0.1, -0.05) is 66.7 Å². The molecular formula is C24H28N2. The van der Waals surface area contributed by atoms with Crippen LogP contribution in [-0.2, 0) is 6.42 Å². The fourth-order valence-corrected chi connectivity index (χ4v) is 3.36. The number of aromatic nitrogens is 1. The van der Waals surface area contributed by atoms with Gasteiger partial charge in [-0.05, 0) is 56.0 Å². The lowest BCUT2D eigenvalue weighted by atomic mass is 9.92. The zero-order valence-corrected chi connectivity index (χ0v) is 15.5. The normalized spacial score (nSPS) is 13.3. The van der Waals surface area contributed by atoms with E-state index in [9.17, 15) is 0 Å². The molecule has 134 valence electrons. The van der Waals surface area contributed by atoms with E-state index in [-0.39, 0.29) is 0 Å². The van der Waals surface area contributed by atoms with Crippen molar-refractivity contribution in [2.75, 3.05) is 6.54 Å². The molecule has 0 bridgehead atoms. The van der Waals surface area contributed by atoms with Gasteiger partial charge in [0, 0.05) is 23.9 Å². The molecule has 2 aromatic carbocycles. The fourth-order valence-electron chi connectivity index (χ4n) is 3.36. The summed E-state index contributed by atoms with van der Waals surface area (Å²) in [7, 11) is 0. The van der Waals surface area contributed by atoms with E-state index in [1.54, 1.807) is 0 Å². The highest BCUT2D eigenvalue weighted by Crippen LogP contribution is 2.25. The highest BCUT2D eigenvalue weighted by atomic mass is 14.9. The molecule has 2 atom stereocenters. The summed E-state index contributed by atoms with van der Waals surface area (Å²) in [5.41, 5.74) is 3.90. The second-order valence-corrected chi connectivity index (χ2v) is 6.89. The van der Waals surface area contributed by atoms with Crippen molar-refractivity contribution in [1.82, 2.24) is 10.3 Å². The van der Waals surface area contributed by atoms with E-state index < -0.39 is 0 Å². The average Bonchev–Trinajstić information content (AvgIpc) is 2.72. The molecule has 3 aromatic rings. The summed E-state index contributed by atoms with van der Waals surface area (Å²) in [6, 6.07) is 28.1. The molecular weight excluding hydrogens is 316 g/mol. The van der Waals surface area contributed by atoms with Gasteiger partial charge in [0.05, 0.1) is 0 Å². The molecule has 0 saturated carbocycles. The number of nitrogens with zero attached hydrogens (tertiary/aromatic N) is 1. The Balaban J connectivity index is 1.53. The average molecular weight is 345 g/mol. The lowest BCUT2D eigenvalue weighted by molar-refractivity contribution is 0.494. The highest BCUT2D eigenvalue weighted by Gasteiger charge is 2.15. The Morgan fingerprint density at radius 2 is 1.50 bits per heavy atom. The van der Waals surface area contributed by atoms with Gasteiger partial charge in [-0.25, -0.2) is 0 Å². The van der Waals surface area contributed by atoms with Crippen molar-refractivity contribution in [1.29, 1.82) is 0 Å². The smallest absolute Gasteiger partial charge is 0.0478 e. The summed E-state index contributed by atoms with van der Waals surface area (Å²) < 4.78 is 0. The minimum atomic E-state index is 0.339. The van der Waals surface area contributed by atoms with Crippen molar-refractivity contribution in [2.45, 2.75) is 38.1 Å². The Morgan fingerprint density at radius 3 is 2.19 bits per heavy atom. The van der Waals surface area contributed by atoms with Gasteiger partial charge in [-0.3, -0.25) is 4.98 Å². The van der Waals surface area contributed by atoms with Gasteiger partial charge in [0.25, 0.3) is 0 Å². The Bertz CT molecular complexity index is 701. The van der Waals surface area contributed by atoms with Gasteiger partial charge in [0.1, 0.15) is 0 Å². The van der Waals surface area contributed by atoms with Gasteiger partial charge in [0.15, 0.2) is 0 Å². The molecule has 0 aliphatic heterocycles. The second kappa shape index (κ2) is 9.88. The van der Waals surface area contributed by atoms with Crippen LogP contribution in [0.2, 0.25) is 0 Å². The minimum absolute atomic E-state index is 0.339. The lowest BCUT2D eigenvalue weighted by Crippen LogP contribution is -2.28. The maximum Gasteiger partial charge on any atom is 0.0478 e. The molecule has 2 nitrogen and oxygen atoms in total. The number of pyridine rings is 1. The maximum absolute atomic E-state index is 4.60. The van der Waals surface area contributed by atoms with E-state index in [0.717, 1.165) is 31.5 Å². The largest absolute Gasteiger partial charge is 0.314 e. The zero-order chi connectivity index (χ0) is 18.0. The molecule has 2 unspecified atom stereocenters. The van der Waals surface area contributed by atoms with Gasteiger partial charge in [0.2, 0.25) is 0 Å². The van der Waals surface area contributed by atoms with Crippen molar-refractivity contribution in [3.05, 3.63) is 102 Å². The van der Waals surface area contributed by atoms with E-state index in [2.05, 4.69) is 90.0 Å². The van der Waals surface area contributed by atoms with Crippen LogP contribution in [0.3, 0.4) is 0 Å². The van der Waals surface area contributed by atoms with Crippen LogP contribution in [0.15, 0.2) is 85.1 Å². The summed E-state index contributed by atoms with van der Waals surface area (Å²) in [5, 5.41) is 3.70. The second-order valence-electron chi connectivity index (χ2n) is 6.89. The minimum Gasteiger partial charge on any atom is -0.314 e. The first-order valence-electron chi connectivity index (χ1n) is 9.56.